The lowest BCUT2D eigenvalue weighted by Crippen LogP contribution is -2.40. The lowest BCUT2D eigenvalue weighted by Gasteiger charge is -2.28. The minimum absolute atomic E-state index is 0.0577. The van der Waals surface area contributed by atoms with Crippen molar-refractivity contribution in [3.8, 4) is 0 Å². The van der Waals surface area contributed by atoms with Gasteiger partial charge >= 0.3 is 6.03 Å². The van der Waals surface area contributed by atoms with Crippen molar-refractivity contribution < 1.29 is 14.3 Å². The van der Waals surface area contributed by atoms with Crippen LogP contribution < -0.4 is 0 Å². The molecule has 1 heterocycles. The van der Waals surface area contributed by atoms with Crippen LogP contribution in [-0.2, 0) is 9.47 Å². The molecule has 0 aromatic heterocycles. The second kappa shape index (κ2) is 7.24. The molecule has 0 radical (unpaired) electrons. The third-order valence-corrected chi connectivity index (χ3v) is 8.75. The maximum Gasteiger partial charge on any atom is 0.322 e. The van der Waals surface area contributed by atoms with Crippen LogP contribution in [0.4, 0.5) is 4.79 Å². The van der Waals surface area contributed by atoms with E-state index in [1.165, 1.54) is 0 Å². The van der Waals surface area contributed by atoms with Crippen LogP contribution in [-0.4, -0.2) is 62.0 Å². The average Bonchev–Trinajstić information content (AvgIpc) is 2.43. The summed E-state index contributed by atoms with van der Waals surface area (Å²) in [6, 6.07) is 0.0577. The number of rotatable bonds is 6. The highest BCUT2D eigenvalue weighted by Crippen LogP contribution is 2.46. The fraction of sp³-hybridized carbons (Fsp3) is 0.889. The summed E-state index contributed by atoms with van der Waals surface area (Å²) in [7, 11) is 3.29. The number of hydrogen-bond acceptors (Lipinski definition) is 3. The quantitative estimate of drug-likeness (QED) is 0.276. The van der Waals surface area contributed by atoms with E-state index >= 15 is 0 Å². The third-order valence-electron chi connectivity index (χ3n) is 2.45. The highest BCUT2D eigenvalue weighted by molar-refractivity contribution is 14.2. The van der Waals surface area contributed by atoms with E-state index in [0.717, 1.165) is 0 Å². The van der Waals surface area contributed by atoms with E-state index in [-0.39, 0.29) is 11.6 Å². The van der Waals surface area contributed by atoms with Gasteiger partial charge in [-0.3, -0.25) is 4.90 Å². The molecular formula is C9H15I3N2O3. The molecule has 1 fully saturated rings. The van der Waals surface area contributed by atoms with E-state index in [4.69, 9.17) is 9.47 Å². The third kappa shape index (κ3) is 3.69. The predicted octanol–water partition coefficient (Wildman–Crippen LogP) is 2.30. The Labute approximate surface area is 142 Å². The Kier molecular flexibility index (Phi) is 7.00. The van der Waals surface area contributed by atoms with Gasteiger partial charge in [-0.1, -0.05) is 22.6 Å². The van der Waals surface area contributed by atoms with Crippen molar-refractivity contribution in [3.63, 3.8) is 0 Å². The first kappa shape index (κ1) is 16.4. The van der Waals surface area contributed by atoms with E-state index < -0.39 is 0 Å². The standard InChI is InChI=1S/C9H15I3N2O3/c1-16-5-3-13-7(10)9(11,12)14(8(13)15)4-6-17-2/h7H,3-6H2,1-2H3. The molecule has 5 nitrogen and oxygen atoms in total. The summed E-state index contributed by atoms with van der Waals surface area (Å²) in [5.41, 5.74) is 0. The zero-order chi connectivity index (χ0) is 13.1. The van der Waals surface area contributed by atoms with Crippen molar-refractivity contribution in [1.29, 1.82) is 0 Å². The Morgan fingerprint density at radius 1 is 1.24 bits per heavy atom. The van der Waals surface area contributed by atoms with Crippen LogP contribution in [0.5, 0.6) is 0 Å². The zero-order valence-corrected chi connectivity index (χ0v) is 16.1. The van der Waals surface area contributed by atoms with Gasteiger partial charge in [-0.05, 0) is 45.2 Å². The Morgan fingerprint density at radius 3 is 2.29 bits per heavy atom. The van der Waals surface area contributed by atoms with E-state index in [9.17, 15) is 4.79 Å². The number of carbonyl (C=O) groups is 1. The van der Waals surface area contributed by atoms with Crippen LogP contribution in [0.2, 0.25) is 0 Å². The molecule has 0 saturated carbocycles. The highest BCUT2D eigenvalue weighted by Gasteiger charge is 2.52. The number of halogens is 3. The first-order valence-corrected chi connectivity index (χ1v) is 8.45. The molecule has 0 N–H and O–H groups in total. The lowest BCUT2D eigenvalue weighted by molar-refractivity contribution is 0.141. The van der Waals surface area contributed by atoms with Crippen molar-refractivity contribution in [3.05, 3.63) is 0 Å². The zero-order valence-electron chi connectivity index (χ0n) is 9.66. The van der Waals surface area contributed by atoms with Gasteiger partial charge in [0.25, 0.3) is 0 Å². The molecule has 1 atom stereocenters. The topological polar surface area (TPSA) is 42.0 Å². The van der Waals surface area contributed by atoms with Crippen LogP contribution in [0.15, 0.2) is 0 Å². The smallest absolute Gasteiger partial charge is 0.322 e. The summed E-state index contributed by atoms with van der Waals surface area (Å²) >= 11 is 6.96. The Bertz CT molecular complexity index is 278. The summed E-state index contributed by atoms with van der Waals surface area (Å²) in [6.45, 7) is 2.36. The van der Waals surface area contributed by atoms with Crippen LogP contribution in [0, 0.1) is 0 Å². The second-order valence-corrected chi connectivity index (χ2v) is 10.1. The first-order valence-electron chi connectivity index (χ1n) is 5.04. The molecule has 0 aromatic carbocycles. The molecule has 1 unspecified atom stereocenters. The fourth-order valence-electron chi connectivity index (χ4n) is 1.52. The predicted molar refractivity (Wildman–Crippen MR) is 91.1 cm³/mol. The van der Waals surface area contributed by atoms with E-state index in [2.05, 4.69) is 67.8 Å². The number of hydrogen-bond donors (Lipinski definition) is 0. The monoisotopic (exact) mass is 580 g/mol. The van der Waals surface area contributed by atoms with Crippen molar-refractivity contribution in [2.45, 2.75) is 5.60 Å². The molecule has 2 amide bonds. The van der Waals surface area contributed by atoms with Crippen LogP contribution in [0.3, 0.4) is 0 Å². The molecule has 1 aliphatic rings. The molecule has 0 bridgehead atoms. The van der Waals surface area contributed by atoms with Gasteiger partial charge < -0.3 is 14.4 Å². The van der Waals surface area contributed by atoms with E-state index in [1.54, 1.807) is 14.2 Å². The number of nitrogens with zero attached hydrogens (tertiary/aromatic N) is 2. The molecule has 1 aliphatic heterocycles. The normalized spacial score (nSPS) is 23.6. The lowest BCUT2D eigenvalue weighted by atomic mass is 10.5. The van der Waals surface area contributed by atoms with E-state index in [0.29, 0.717) is 26.3 Å². The Hall–Kier alpha value is 1.38. The van der Waals surface area contributed by atoms with Gasteiger partial charge in [0.05, 0.1) is 13.2 Å². The van der Waals surface area contributed by atoms with Gasteiger partial charge in [0.15, 0.2) is 1.55 Å². The maximum atomic E-state index is 12.3. The van der Waals surface area contributed by atoms with Crippen molar-refractivity contribution in [1.82, 2.24) is 9.80 Å². The fourth-order valence-corrected chi connectivity index (χ4v) is 3.94. The van der Waals surface area contributed by atoms with Gasteiger partial charge in [-0.15, -0.1) is 0 Å². The minimum Gasteiger partial charge on any atom is -0.383 e. The molecular weight excluding hydrogens is 565 g/mol. The summed E-state index contributed by atoms with van der Waals surface area (Å²) in [5, 5.41) is 0. The number of alkyl halides is 3. The summed E-state index contributed by atoms with van der Waals surface area (Å²) in [6.07, 6.45) is 0. The minimum atomic E-state index is -0.237. The van der Waals surface area contributed by atoms with Gasteiger partial charge in [-0.25, -0.2) is 4.79 Å². The molecule has 0 spiro atoms. The van der Waals surface area contributed by atoms with Gasteiger partial charge in [0.2, 0.25) is 0 Å². The Balaban J connectivity index is 2.75. The van der Waals surface area contributed by atoms with Crippen LogP contribution in [0.25, 0.3) is 0 Å². The summed E-state index contributed by atoms with van der Waals surface area (Å²) in [4.78, 5) is 16.0. The molecule has 1 saturated heterocycles. The first-order chi connectivity index (χ1) is 7.96. The SMILES string of the molecule is COCCN1C(=O)N(CCOC)C(I)(I)C1I. The molecule has 0 aliphatic carbocycles. The molecule has 1 rings (SSSR count). The number of amides is 2. The molecule has 8 heteroatoms. The highest BCUT2D eigenvalue weighted by atomic mass is 127. The number of methoxy groups -OCH3 is 2. The van der Waals surface area contributed by atoms with Gasteiger partial charge in [0.1, 0.15) is 4.05 Å². The maximum absolute atomic E-state index is 12.3. The van der Waals surface area contributed by atoms with Gasteiger partial charge in [0, 0.05) is 27.3 Å². The van der Waals surface area contributed by atoms with Crippen molar-refractivity contribution in [2.75, 3.05) is 40.5 Å². The van der Waals surface area contributed by atoms with Gasteiger partial charge in [-0.2, -0.15) is 0 Å². The van der Waals surface area contributed by atoms with Crippen molar-refractivity contribution in [2.24, 2.45) is 0 Å². The van der Waals surface area contributed by atoms with Crippen LogP contribution in [0.1, 0.15) is 0 Å². The summed E-state index contributed by atoms with van der Waals surface area (Å²) in [5.74, 6) is 0. The number of carbonyl (C=O) groups excluding carboxylic acids is 1. The molecule has 0 aromatic rings. The van der Waals surface area contributed by atoms with Crippen molar-refractivity contribution >= 4 is 73.8 Å². The largest absolute Gasteiger partial charge is 0.383 e. The van der Waals surface area contributed by atoms with Crippen LogP contribution >= 0.6 is 67.8 Å². The molecule has 100 valence electrons. The second-order valence-electron chi connectivity index (χ2n) is 3.54. The summed E-state index contributed by atoms with van der Waals surface area (Å²) < 4.78 is 9.98. The van der Waals surface area contributed by atoms with E-state index in [1.807, 2.05) is 9.80 Å². The Morgan fingerprint density at radius 2 is 1.76 bits per heavy atom. The average molecular weight is 580 g/mol. The number of urea groups is 1. The molecule has 17 heavy (non-hydrogen) atoms. The number of ether oxygens (including phenoxy) is 2.